The van der Waals surface area contributed by atoms with E-state index in [1.54, 1.807) is 0 Å². The number of hydrogen-bond acceptors (Lipinski definition) is 2. The van der Waals surface area contributed by atoms with E-state index in [-0.39, 0.29) is 12.0 Å². The van der Waals surface area contributed by atoms with Crippen molar-refractivity contribution in [3.63, 3.8) is 0 Å². The summed E-state index contributed by atoms with van der Waals surface area (Å²) in [4.78, 5) is 11.8. The molecule has 0 fully saturated rings. The van der Waals surface area contributed by atoms with Crippen LogP contribution in [-0.2, 0) is 11.2 Å². The van der Waals surface area contributed by atoms with Crippen LogP contribution in [0.15, 0.2) is 36.4 Å². The van der Waals surface area contributed by atoms with Crippen molar-refractivity contribution in [1.29, 1.82) is 0 Å². The van der Waals surface area contributed by atoms with Crippen LogP contribution in [0.2, 0.25) is 0 Å². The van der Waals surface area contributed by atoms with Crippen LogP contribution < -0.4 is 10.1 Å². The number of para-hydroxylation sites is 1. The summed E-state index contributed by atoms with van der Waals surface area (Å²) in [6.45, 7) is 0.601. The average Bonchev–Trinajstić information content (AvgIpc) is 3.04. The Hall–Kier alpha value is -1.77. The van der Waals surface area contributed by atoms with Crippen molar-refractivity contribution in [2.24, 2.45) is 5.92 Å². The third-order valence-corrected chi connectivity index (χ3v) is 3.80. The van der Waals surface area contributed by atoms with Crippen molar-refractivity contribution < 1.29 is 9.53 Å². The molecule has 2 atom stereocenters. The largest absolute Gasteiger partial charge is 0.488 e. The Labute approximate surface area is 113 Å². The van der Waals surface area contributed by atoms with E-state index in [9.17, 15) is 4.79 Å². The molecule has 100 valence electrons. The molecule has 3 rings (SSSR count). The molecule has 0 spiro atoms. The molecule has 1 aromatic carbocycles. The number of carbonyl (C=O) groups is 1. The van der Waals surface area contributed by atoms with E-state index in [0.717, 1.165) is 25.0 Å². The second kappa shape index (κ2) is 5.47. The highest BCUT2D eigenvalue weighted by molar-refractivity contribution is 5.76. The van der Waals surface area contributed by atoms with E-state index in [4.69, 9.17) is 4.74 Å². The molecule has 0 bridgehead atoms. The van der Waals surface area contributed by atoms with Gasteiger partial charge in [-0.25, -0.2) is 0 Å². The summed E-state index contributed by atoms with van der Waals surface area (Å²) in [7, 11) is 0. The fourth-order valence-electron chi connectivity index (χ4n) is 2.77. The SMILES string of the molecule is O=C(C[C@@H]1C=CCC1)NC[C@@H]1Cc2ccccc2O1. The van der Waals surface area contributed by atoms with E-state index in [1.165, 1.54) is 5.56 Å². The quantitative estimate of drug-likeness (QED) is 0.841. The fraction of sp³-hybridized carbons (Fsp3) is 0.438. The number of hydrogen-bond donors (Lipinski definition) is 1. The summed E-state index contributed by atoms with van der Waals surface area (Å²) < 4.78 is 5.80. The van der Waals surface area contributed by atoms with E-state index in [0.29, 0.717) is 18.9 Å². The monoisotopic (exact) mass is 257 g/mol. The lowest BCUT2D eigenvalue weighted by molar-refractivity contribution is -0.122. The van der Waals surface area contributed by atoms with Gasteiger partial charge in [-0.1, -0.05) is 30.4 Å². The first-order valence-electron chi connectivity index (χ1n) is 6.99. The van der Waals surface area contributed by atoms with E-state index < -0.39 is 0 Å². The third kappa shape index (κ3) is 2.98. The minimum Gasteiger partial charge on any atom is -0.488 e. The van der Waals surface area contributed by atoms with Crippen LogP contribution in [0, 0.1) is 5.92 Å². The van der Waals surface area contributed by atoms with Gasteiger partial charge in [0.25, 0.3) is 0 Å². The van der Waals surface area contributed by atoms with Gasteiger partial charge in [-0.05, 0) is 30.4 Å². The van der Waals surface area contributed by atoms with Crippen LogP contribution in [0.1, 0.15) is 24.8 Å². The number of rotatable bonds is 4. The molecule has 1 aliphatic heterocycles. The first kappa shape index (κ1) is 12.3. The molecule has 1 heterocycles. The maximum Gasteiger partial charge on any atom is 0.220 e. The molecule has 1 N–H and O–H groups in total. The Morgan fingerprint density at radius 2 is 2.26 bits per heavy atom. The average molecular weight is 257 g/mol. The van der Waals surface area contributed by atoms with Gasteiger partial charge in [-0.15, -0.1) is 0 Å². The Morgan fingerprint density at radius 1 is 1.37 bits per heavy atom. The second-order valence-electron chi connectivity index (χ2n) is 5.33. The lowest BCUT2D eigenvalue weighted by atomic mass is 10.0. The zero-order chi connectivity index (χ0) is 13.1. The van der Waals surface area contributed by atoms with Crippen molar-refractivity contribution in [2.75, 3.05) is 6.54 Å². The summed E-state index contributed by atoms with van der Waals surface area (Å²) in [6, 6.07) is 8.07. The first-order valence-corrected chi connectivity index (χ1v) is 6.99. The molecule has 0 unspecified atom stereocenters. The van der Waals surface area contributed by atoms with Crippen molar-refractivity contribution in [1.82, 2.24) is 5.32 Å². The smallest absolute Gasteiger partial charge is 0.220 e. The second-order valence-corrected chi connectivity index (χ2v) is 5.33. The molecule has 1 aliphatic carbocycles. The van der Waals surface area contributed by atoms with Gasteiger partial charge in [0.05, 0.1) is 6.54 Å². The maximum atomic E-state index is 11.8. The molecular weight excluding hydrogens is 238 g/mol. The molecule has 19 heavy (non-hydrogen) atoms. The zero-order valence-corrected chi connectivity index (χ0v) is 11.0. The molecule has 0 aromatic heterocycles. The number of ether oxygens (including phenoxy) is 1. The van der Waals surface area contributed by atoms with Crippen molar-refractivity contribution in [2.45, 2.75) is 31.8 Å². The van der Waals surface area contributed by atoms with Crippen molar-refractivity contribution in [3.05, 3.63) is 42.0 Å². The number of amides is 1. The molecule has 2 aliphatic rings. The van der Waals surface area contributed by atoms with E-state index in [2.05, 4.69) is 23.5 Å². The van der Waals surface area contributed by atoms with Crippen molar-refractivity contribution in [3.8, 4) is 5.75 Å². The summed E-state index contributed by atoms with van der Waals surface area (Å²) in [5.41, 5.74) is 1.24. The van der Waals surface area contributed by atoms with E-state index in [1.807, 2.05) is 18.2 Å². The first-order chi connectivity index (χ1) is 9.31. The molecule has 1 aromatic rings. The standard InChI is InChI=1S/C16H19NO2/c18-16(9-12-5-1-2-6-12)17-11-14-10-13-7-3-4-8-15(13)19-14/h1,3-5,7-8,12,14H,2,6,9-11H2,(H,17,18)/t12-,14+/m1/s1. The lowest BCUT2D eigenvalue weighted by Gasteiger charge is -2.13. The molecule has 3 nitrogen and oxygen atoms in total. The Bertz CT molecular complexity index is 470. The number of benzene rings is 1. The van der Waals surface area contributed by atoms with Crippen LogP contribution in [0.5, 0.6) is 5.75 Å². The highest BCUT2D eigenvalue weighted by atomic mass is 16.5. The van der Waals surface area contributed by atoms with Gasteiger partial charge < -0.3 is 10.1 Å². The number of fused-ring (bicyclic) bond motifs is 1. The zero-order valence-electron chi connectivity index (χ0n) is 11.0. The Kier molecular flexibility index (Phi) is 3.53. The van der Waals surface area contributed by atoms with Crippen LogP contribution in [0.4, 0.5) is 0 Å². The minimum atomic E-state index is 0.0838. The summed E-state index contributed by atoms with van der Waals surface area (Å²) in [5, 5.41) is 2.99. The topological polar surface area (TPSA) is 38.3 Å². The van der Waals surface area contributed by atoms with Crippen LogP contribution in [0.3, 0.4) is 0 Å². The molecule has 0 radical (unpaired) electrons. The molecular formula is C16H19NO2. The third-order valence-electron chi connectivity index (χ3n) is 3.80. The summed E-state index contributed by atoms with van der Waals surface area (Å²) in [6.07, 6.45) is 8.12. The Morgan fingerprint density at radius 3 is 3.05 bits per heavy atom. The summed E-state index contributed by atoms with van der Waals surface area (Å²) >= 11 is 0. The predicted octanol–water partition coefficient (Wildman–Crippen LogP) is 2.46. The van der Waals surface area contributed by atoms with Gasteiger partial charge in [-0.2, -0.15) is 0 Å². The van der Waals surface area contributed by atoms with Gasteiger partial charge in [0.1, 0.15) is 11.9 Å². The van der Waals surface area contributed by atoms with Gasteiger partial charge in [0.15, 0.2) is 0 Å². The van der Waals surface area contributed by atoms with Gasteiger partial charge in [0, 0.05) is 12.8 Å². The van der Waals surface area contributed by atoms with Crippen LogP contribution in [-0.4, -0.2) is 18.6 Å². The van der Waals surface area contributed by atoms with Gasteiger partial charge in [0.2, 0.25) is 5.91 Å². The molecule has 0 saturated heterocycles. The normalized spacial score (nSPS) is 24.0. The maximum absolute atomic E-state index is 11.8. The number of carbonyl (C=O) groups excluding carboxylic acids is 1. The molecule has 3 heteroatoms. The van der Waals surface area contributed by atoms with Gasteiger partial charge in [-0.3, -0.25) is 4.79 Å². The van der Waals surface area contributed by atoms with Gasteiger partial charge >= 0.3 is 0 Å². The lowest BCUT2D eigenvalue weighted by Crippen LogP contribution is -2.35. The highest BCUT2D eigenvalue weighted by Gasteiger charge is 2.23. The van der Waals surface area contributed by atoms with Crippen molar-refractivity contribution >= 4 is 5.91 Å². The molecule has 1 amide bonds. The summed E-state index contributed by atoms with van der Waals surface area (Å²) in [5.74, 6) is 1.53. The number of nitrogens with one attached hydrogen (secondary N) is 1. The fourth-order valence-corrected chi connectivity index (χ4v) is 2.77. The van der Waals surface area contributed by atoms with Crippen LogP contribution in [0.25, 0.3) is 0 Å². The van der Waals surface area contributed by atoms with E-state index >= 15 is 0 Å². The minimum absolute atomic E-state index is 0.0838. The Balaban J connectivity index is 1.44. The number of allylic oxidation sites excluding steroid dienone is 2. The predicted molar refractivity (Wildman–Crippen MR) is 74.1 cm³/mol. The van der Waals surface area contributed by atoms with Crippen LogP contribution >= 0.6 is 0 Å². The molecule has 0 saturated carbocycles. The highest BCUT2D eigenvalue weighted by Crippen LogP contribution is 2.27.